The third kappa shape index (κ3) is 5.38. The first kappa shape index (κ1) is 17.5. The molecule has 0 aliphatic rings. The van der Waals surface area contributed by atoms with Gasteiger partial charge in [0.25, 0.3) is 5.91 Å². The van der Waals surface area contributed by atoms with Crippen LogP contribution in [0.4, 0.5) is 5.69 Å². The number of rotatable bonds is 9. The second-order valence-electron chi connectivity index (χ2n) is 5.30. The molecule has 0 heterocycles. The van der Waals surface area contributed by atoms with Crippen LogP contribution < -0.4 is 10.1 Å². The van der Waals surface area contributed by atoms with Gasteiger partial charge in [-0.05, 0) is 44.5 Å². The SMILES string of the molecule is CCCCC[C@@](C)(OCC)C(=O)Nc1ccc(OC)cc1. The molecule has 0 fully saturated rings. The quantitative estimate of drug-likeness (QED) is 0.700. The Hall–Kier alpha value is -1.55. The second-order valence-corrected chi connectivity index (χ2v) is 5.30. The number of benzene rings is 1. The number of methoxy groups -OCH3 is 1. The van der Waals surface area contributed by atoms with Crippen LogP contribution >= 0.6 is 0 Å². The molecule has 1 N–H and O–H groups in total. The van der Waals surface area contributed by atoms with Crippen LogP contribution in [0.25, 0.3) is 0 Å². The van der Waals surface area contributed by atoms with E-state index < -0.39 is 5.60 Å². The summed E-state index contributed by atoms with van der Waals surface area (Å²) >= 11 is 0. The summed E-state index contributed by atoms with van der Waals surface area (Å²) in [5.41, 5.74) is -0.0219. The van der Waals surface area contributed by atoms with Crippen LogP contribution in [0.15, 0.2) is 24.3 Å². The Morgan fingerprint density at radius 1 is 1.19 bits per heavy atom. The molecule has 1 aromatic rings. The number of hydrogen-bond donors (Lipinski definition) is 1. The maximum absolute atomic E-state index is 12.5. The van der Waals surface area contributed by atoms with Crippen LogP contribution in [-0.4, -0.2) is 25.2 Å². The normalized spacial score (nSPS) is 13.5. The van der Waals surface area contributed by atoms with Crippen LogP contribution in [0.3, 0.4) is 0 Å². The highest BCUT2D eigenvalue weighted by Gasteiger charge is 2.33. The largest absolute Gasteiger partial charge is 0.497 e. The highest BCUT2D eigenvalue weighted by Crippen LogP contribution is 2.23. The van der Waals surface area contributed by atoms with Gasteiger partial charge in [0, 0.05) is 12.3 Å². The van der Waals surface area contributed by atoms with Gasteiger partial charge >= 0.3 is 0 Å². The van der Waals surface area contributed by atoms with E-state index in [-0.39, 0.29) is 5.91 Å². The molecule has 1 atom stereocenters. The number of ether oxygens (including phenoxy) is 2. The summed E-state index contributed by atoms with van der Waals surface area (Å²) in [6.45, 7) is 6.46. The molecule has 0 bridgehead atoms. The van der Waals surface area contributed by atoms with Crippen molar-refractivity contribution in [3.05, 3.63) is 24.3 Å². The highest BCUT2D eigenvalue weighted by atomic mass is 16.5. The molecule has 0 aliphatic heterocycles. The Morgan fingerprint density at radius 3 is 2.38 bits per heavy atom. The molecule has 0 saturated carbocycles. The van der Waals surface area contributed by atoms with Crippen LogP contribution in [-0.2, 0) is 9.53 Å². The summed E-state index contributed by atoms with van der Waals surface area (Å²) in [6.07, 6.45) is 3.96. The third-order valence-electron chi connectivity index (χ3n) is 3.55. The van der Waals surface area contributed by atoms with Gasteiger partial charge in [-0.3, -0.25) is 4.79 Å². The maximum atomic E-state index is 12.5. The van der Waals surface area contributed by atoms with Crippen molar-refractivity contribution < 1.29 is 14.3 Å². The predicted octanol–water partition coefficient (Wildman–Crippen LogP) is 4.01. The molecule has 0 aliphatic carbocycles. The summed E-state index contributed by atoms with van der Waals surface area (Å²) < 4.78 is 10.8. The number of unbranched alkanes of at least 4 members (excludes halogenated alkanes) is 2. The maximum Gasteiger partial charge on any atom is 0.256 e. The molecular formula is C17H27NO3. The van der Waals surface area contributed by atoms with Gasteiger partial charge in [0.2, 0.25) is 0 Å². The summed E-state index contributed by atoms with van der Waals surface area (Å²) in [6, 6.07) is 7.31. The number of amides is 1. The molecule has 118 valence electrons. The second kappa shape index (κ2) is 8.67. The van der Waals surface area contributed by atoms with Crippen molar-refractivity contribution in [1.29, 1.82) is 0 Å². The van der Waals surface area contributed by atoms with Gasteiger partial charge in [0.05, 0.1) is 7.11 Å². The molecular weight excluding hydrogens is 266 g/mol. The fourth-order valence-electron chi connectivity index (χ4n) is 2.22. The Kier molecular flexibility index (Phi) is 7.23. The van der Waals surface area contributed by atoms with Crippen molar-refractivity contribution in [3.63, 3.8) is 0 Å². The van der Waals surface area contributed by atoms with Gasteiger partial charge < -0.3 is 14.8 Å². The molecule has 0 unspecified atom stereocenters. The number of carbonyl (C=O) groups excluding carboxylic acids is 1. The minimum atomic E-state index is -0.774. The first-order valence-corrected chi connectivity index (χ1v) is 7.65. The Labute approximate surface area is 127 Å². The molecule has 21 heavy (non-hydrogen) atoms. The standard InChI is InChI=1S/C17H27NO3/c1-5-7-8-13-17(3,21-6-2)16(19)18-14-9-11-15(20-4)12-10-14/h9-12H,5-8,13H2,1-4H3,(H,18,19)/t17-/m1/s1. The van der Waals surface area contributed by atoms with Gasteiger partial charge in [-0.2, -0.15) is 0 Å². The highest BCUT2D eigenvalue weighted by molar-refractivity contribution is 5.97. The van der Waals surface area contributed by atoms with E-state index in [9.17, 15) is 4.79 Å². The lowest BCUT2D eigenvalue weighted by molar-refractivity contribution is -0.139. The van der Waals surface area contributed by atoms with E-state index in [1.165, 1.54) is 0 Å². The molecule has 4 heteroatoms. The molecule has 1 amide bonds. The van der Waals surface area contributed by atoms with Gasteiger partial charge in [0.15, 0.2) is 0 Å². The Balaban J connectivity index is 2.70. The van der Waals surface area contributed by atoms with Gasteiger partial charge in [-0.15, -0.1) is 0 Å². The summed E-state index contributed by atoms with van der Waals surface area (Å²) in [5, 5.41) is 2.93. The molecule has 0 saturated heterocycles. The van der Waals surface area contributed by atoms with E-state index >= 15 is 0 Å². The van der Waals surface area contributed by atoms with Gasteiger partial charge in [-0.1, -0.05) is 26.2 Å². The lowest BCUT2D eigenvalue weighted by atomic mass is 9.96. The van der Waals surface area contributed by atoms with Crippen molar-refractivity contribution in [2.24, 2.45) is 0 Å². The van der Waals surface area contributed by atoms with Crippen molar-refractivity contribution in [1.82, 2.24) is 0 Å². The van der Waals surface area contributed by atoms with Crippen molar-refractivity contribution in [3.8, 4) is 5.75 Å². The van der Waals surface area contributed by atoms with E-state index in [1.807, 2.05) is 38.1 Å². The molecule has 0 spiro atoms. The van der Waals surface area contributed by atoms with Crippen molar-refractivity contribution >= 4 is 11.6 Å². The van der Waals surface area contributed by atoms with E-state index in [1.54, 1.807) is 7.11 Å². The van der Waals surface area contributed by atoms with Crippen LogP contribution in [0.5, 0.6) is 5.75 Å². The zero-order valence-electron chi connectivity index (χ0n) is 13.6. The number of anilines is 1. The van der Waals surface area contributed by atoms with E-state index in [0.717, 1.165) is 37.1 Å². The lowest BCUT2D eigenvalue weighted by Crippen LogP contribution is -2.42. The third-order valence-corrected chi connectivity index (χ3v) is 3.55. The fraction of sp³-hybridized carbons (Fsp3) is 0.588. The van der Waals surface area contributed by atoms with E-state index in [2.05, 4.69) is 12.2 Å². The predicted molar refractivity (Wildman–Crippen MR) is 85.8 cm³/mol. The van der Waals surface area contributed by atoms with Gasteiger partial charge in [0.1, 0.15) is 11.4 Å². The summed E-state index contributed by atoms with van der Waals surface area (Å²) in [7, 11) is 1.62. The van der Waals surface area contributed by atoms with Crippen LogP contribution in [0.2, 0.25) is 0 Å². The molecule has 4 nitrogen and oxygen atoms in total. The average molecular weight is 293 g/mol. The van der Waals surface area contributed by atoms with E-state index in [4.69, 9.17) is 9.47 Å². The molecule has 1 rings (SSSR count). The minimum Gasteiger partial charge on any atom is -0.497 e. The zero-order valence-corrected chi connectivity index (χ0v) is 13.6. The molecule has 0 radical (unpaired) electrons. The molecule has 1 aromatic carbocycles. The number of carbonyl (C=O) groups is 1. The topological polar surface area (TPSA) is 47.6 Å². The Morgan fingerprint density at radius 2 is 1.86 bits per heavy atom. The zero-order chi connectivity index (χ0) is 15.7. The first-order valence-electron chi connectivity index (χ1n) is 7.65. The first-order chi connectivity index (χ1) is 10.1. The summed E-state index contributed by atoms with van der Waals surface area (Å²) in [4.78, 5) is 12.5. The fourth-order valence-corrected chi connectivity index (χ4v) is 2.22. The van der Waals surface area contributed by atoms with Crippen molar-refractivity contribution in [2.75, 3.05) is 19.0 Å². The van der Waals surface area contributed by atoms with Crippen LogP contribution in [0, 0.1) is 0 Å². The minimum absolute atomic E-state index is 0.0920. The van der Waals surface area contributed by atoms with E-state index in [0.29, 0.717) is 6.61 Å². The lowest BCUT2D eigenvalue weighted by Gasteiger charge is -2.28. The smallest absolute Gasteiger partial charge is 0.256 e. The number of hydrogen-bond acceptors (Lipinski definition) is 3. The van der Waals surface area contributed by atoms with Crippen LogP contribution in [0.1, 0.15) is 46.5 Å². The monoisotopic (exact) mass is 293 g/mol. The number of nitrogens with one attached hydrogen (secondary N) is 1. The molecule has 0 aromatic heterocycles. The van der Waals surface area contributed by atoms with Gasteiger partial charge in [-0.25, -0.2) is 0 Å². The average Bonchev–Trinajstić information content (AvgIpc) is 2.48. The summed E-state index contributed by atoms with van der Waals surface area (Å²) in [5.74, 6) is 0.675. The van der Waals surface area contributed by atoms with Crippen molar-refractivity contribution in [2.45, 2.75) is 52.1 Å². The Bertz CT molecular complexity index is 430.